The van der Waals surface area contributed by atoms with Gasteiger partial charge in [-0.1, -0.05) is 6.07 Å². The Morgan fingerprint density at radius 1 is 1.20 bits per heavy atom. The van der Waals surface area contributed by atoms with Gasteiger partial charge in [-0.25, -0.2) is 4.79 Å². The molecule has 20 heavy (non-hydrogen) atoms. The van der Waals surface area contributed by atoms with E-state index in [9.17, 15) is 9.59 Å². The van der Waals surface area contributed by atoms with E-state index >= 15 is 0 Å². The van der Waals surface area contributed by atoms with E-state index in [0.717, 1.165) is 11.1 Å². The third-order valence-electron chi connectivity index (χ3n) is 3.11. The highest BCUT2D eigenvalue weighted by Crippen LogP contribution is 2.25. The number of ether oxygens (including phenoxy) is 1. The van der Waals surface area contributed by atoms with Crippen molar-refractivity contribution in [1.29, 1.82) is 0 Å². The minimum Gasteiger partial charge on any atom is -0.478 e. The molecule has 0 saturated carbocycles. The molecule has 0 bridgehead atoms. The molecule has 0 fully saturated rings. The van der Waals surface area contributed by atoms with Gasteiger partial charge in [0.1, 0.15) is 5.00 Å². The third kappa shape index (κ3) is 2.31. The van der Waals surface area contributed by atoms with Gasteiger partial charge in [0.05, 0.1) is 18.8 Å². The zero-order valence-corrected chi connectivity index (χ0v) is 11.2. The molecule has 0 spiro atoms. The number of carbonyl (C=O) groups excluding carboxylic acids is 1. The summed E-state index contributed by atoms with van der Waals surface area (Å²) in [6.45, 7) is 1.08. The number of carboxylic acid groups (broad SMARTS) is 1. The second kappa shape index (κ2) is 5.07. The molecular weight excluding hydrogens is 278 g/mol. The van der Waals surface area contributed by atoms with Crippen LogP contribution in [0.4, 0.5) is 5.00 Å². The van der Waals surface area contributed by atoms with Gasteiger partial charge in [-0.3, -0.25) is 4.79 Å². The van der Waals surface area contributed by atoms with Gasteiger partial charge in [-0.2, -0.15) is 0 Å². The molecule has 0 saturated heterocycles. The molecule has 0 aliphatic carbocycles. The largest absolute Gasteiger partial charge is 0.478 e. The number of rotatable bonds is 3. The van der Waals surface area contributed by atoms with Crippen LogP contribution in [0.15, 0.2) is 29.6 Å². The second-order valence-corrected chi connectivity index (χ2v) is 5.32. The Kier molecular flexibility index (Phi) is 3.25. The van der Waals surface area contributed by atoms with Gasteiger partial charge >= 0.3 is 5.97 Å². The van der Waals surface area contributed by atoms with E-state index in [4.69, 9.17) is 9.84 Å². The lowest BCUT2D eigenvalue weighted by atomic mass is 10.1. The number of carboxylic acids is 1. The van der Waals surface area contributed by atoms with Crippen molar-refractivity contribution < 1.29 is 19.4 Å². The molecule has 0 atom stereocenters. The molecule has 5 nitrogen and oxygen atoms in total. The fraction of sp³-hybridized carbons (Fsp3) is 0.143. The summed E-state index contributed by atoms with van der Waals surface area (Å²) in [5.74, 6) is -1.37. The molecule has 1 aliphatic rings. The summed E-state index contributed by atoms with van der Waals surface area (Å²) in [6, 6.07) is 6.84. The fourth-order valence-corrected chi connectivity index (χ4v) is 2.84. The Morgan fingerprint density at radius 3 is 2.80 bits per heavy atom. The maximum absolute atomic E-state index is 12.1. The van der Waals surface area contributed by atoms with Crippen molar-refractivity contribution in [3.05, 3.63) is 51.9 Å². The molecule has 2 N–H and O–H groups in total. The highest BCUT2D eigenvalue weighted by atomic mass is 32.1. The van der Waals surface area contributed by atoms with Crippen LogP contribution in [0.5, 0.6) is 0 Å². The predicted octanol–water partition coefficient (Wildman–Crippen LogP) is 2.73. The lowest BCUT2D eigenvalue weighted by Crippen LogP contribution is -2.13. The van der Waals surface area contributed by atoms with Gasteiger partial charge in [0, 0.05) is 5.56 Å². The van der Waals surface area contributed by atoms with Crippen molar-refractivity contribution in [1.82, 2.24) is 0 Å². The zero-order chi connectivity index (χ0) is 14.1. The SMILES string of the molecule is O=C(Nc1sccc1C(=O)O)c1ccc2c(c1)COC2. The molecule has 1 amide bonds. The molecule has 0 radical (unpaired) electrons. The van der Waals surface area contributed by atoms with E-state index in [-0.39, 0.29) is 11.5 Å². The van der Waals surface area contributed by atoms with Crippen LogP contribution in [0.1, 0.15) is 31.8 Å². The van der Waals surface area contributed by atoms with E-state index in [1.54, 1.807) is 17.5 Å². The van der Waals surface area contributed by atoms with Gasteiger partial charge in [0.2, 0.25) is 0 Å². The first-order valence-corrected chi connectivity index (χ1v) is 6.85. The maximum Gasteiger partial charge on any atom is 0.338 e. The Morgan fingerprint density at radius 2 is 2.00 bits per heavy atom. The van der Waals surface area contributed by atoms with Gasteiger partial charge in [-0.05, 0) is 34.7 Å². The number of benzene rings is 1. The normalized spacial score (nSPS) is 13.0. The number of aromatic carboxylic acids is 1. The second-order valence-electron chi connectivity index (χ2n) is 4.40. The maximum atomic E-state index is 12.1. The van der Waals surface area contributed by atoms with E-state index in [2.05, 4.69) is 5.32 Å². The van der Waals surface area contributed by atoms with E-state index in [1.165, 1.54) is 17.4 Å². The summed E-state index contributed by atoms with van der Waals surface area (Å²) >= 11 is 1.19. The monoisotopic (exact) mass is 289 g/mol. The number of hydrogen-bond donors (Lipinski definition) is 2. The molecule has 2 aromatic rings. The number of fused-ring (bicyclic) bond motifs is 1. The topological polar surface area (TPSA) is 75.6 Å². The average molecular weight is 289 g/mol. The standard InChI is InChI=1S/C14H11NO4S/c16-12(15-13-11(14(17)18)3-4-20-13)8-1-2-9-6-19-7-10(9)5-8/h1-5H,6-7H2,(H,15,16)(H,17,18). The van der Waals surface area contributed by atoms with Crippen molar-refractivity contribution in [2.45, 2.75) is 13.2 Å². The smallest absolute Gasteiger partial charge is 0.338 e. The summed E-state index contributed by atoms with van der Waals surface area (Å²) in [4.78, 5) is 23.1. The first kappa shape index (κ1) is 12.8. The van der Waals surface area contributed by atoms with E-state index in [1.807, 2.05) is 6.07 Å². The molecular formula is C14H11NO4S. The van der Waals surface area contributed by atoms with Crippen molar-refractivity contribution in [2.24, 2.45) is 0 Å². The van der Waals surface area contributed by atoms with Gasteiger partial charge in [0.15, 0.2) is 0 Å². The number of anilines is 1. The first-order valence-electron chi connectivity index (χ1n) is 5.97. The Balaban J connectivity index is 1.83. The van der Waals surface area contributed by atoms with Crippen LogP contribution in [-0.2, 0) is 18.0 Å². The van der Waals surface area contributed by atoms with Gasteiger partial charge in [0.25, 0.3) is 5.91 Å². The summed E-state index contributed by atoms with van der Waals surface area (Å²) in [5, 5.41) is 13.6. The highest BCUT2D eigenvalue weighted by Gasteiger charge is 2.17. The molecule has 102 valence electrons. The highest BCUT2D eigenvalue weighted by molar-refractivity contribution is 7.14. The van der Waals surface area contributed by atoms with Crippen LogP contribution >= 0.6 is 11.3 Å². The van der Waals surface area contributed by atoms with Crippen LogP contribution in [0.3, 0.4) is 0 Å². The summed E-state index contributed by atoms with van der Waals surface area (Å²) in [7, 11) is 0. The number of carbonyl (C=O) groups is 2. The van der Waals surface area contributed by atoms with Crippen molar-refractivity contribution in [3.8, 4) is 0 Å². The summed E-state index contributed by atoms with van der Waals surface area (Å²) < 4.78 is 5.30. The van der Waals surface area contributed by atoms with Crippen molar-refractivity contribution in [3.63, 3.8) is 0 Å². The minimum atomic E-state index is -1.05. The fourth-order valence-electron chi connectivity index (χ4n) is 2.06. The van der Waals surface area contributed by atoms with Crippen LogP contribution < -0.4 is 5.32 Å². The third-order valence-corrected chi connectivity index (χ3v) is 3.94. The predicted molar refractivity (Wildman–Crippen MR) is 74.2 cm³/mol. The van der Waals surface area contributed by atoms with Crippen LogP contribution in [-0.4, -0.2) is 17.0 Å². The number of thiophene rings is 1. The van der Waals surface area contributed by atoms with E-state index < -0.39 is 5.97 Å². The van der Waals surface area contributed by atoms with Crippen LogP contribution in [0.25, 0.3) is 0 Å². The summed E-state index contributed by atoms with van der Waals surface area (Å²) in [6.07, 6.45) is 0. The molecule has 0 unspecified atom stereocenters. The molecule has 3 rings (SSSR count). The zero-order valence-electron chi connectivity index (χ0n) is 10.4. The average Bonchev–Trinajstić information content (AvgIpc) is 3.05. The molecule has 2 heterocycles. The molecule has 1 aliphatic heterocycles. The van der Waals surface area contributed by atoms with Gasteiger partial charge in [-0.15, -0.1) is 11.3 Å². The van der Waals surface area contributed by atoms with Crippen molar-refractivity contribution in [2.75, 3.05) is 5.32 Å². The minimum absolute atomic E-state index is 0.104. The number of amides is 1. The number of hydrogen-bond acceptors (Lipinski definition) is 4. The van der Waals surface area contributed by atoms with Crippen LogP contribution in [0.2, 0.25) is 0 Å². The Labute approximate surface area is 118 Å². The molecule has 6 heteroatoms. The Bertz CT molecular complexity index is 692. The van der Waals surface area contributed by atoms with Gasteiger partial charge < -0.3 is 15.2 Å². The van der Waals surface area contributed by atoms with E-state index in [0.29, 0.717) is 23.8 Å². The summed E-state index contributed by atoms with van der Waals surface area (Å²) in [5.41, 5.74) is 2.69. The first-order chi connectivity index (χ1) is 9.65. The van der Waals surface area contributed by atoms with Crippen LogP contribution in [0, 0.1) is 0 Å². The number of nitrogens with one attached hydrogen (secondary N) is 1. The van der Waals surface area contributed by atoms with Crippen molar-refractivity contribution >= 4 is 28.2 Å². The Hall–Kier alpha value is -2.18. The lowest BCUT2D eigenvalue weighted by Gasteiger charge is -2.05. The quantitative estimate of drug-likeness (QED) is 0.911. The molecule has 1 aromatic heterocycles. The lowest BCUT2D eigenvalue weighted by molar-refractivity contribution is 0.0698. The molecule has 1 aromatic carbocycles.